The van der Waals surface area contributed by atoms with E-state index in [1.54, 1.807) is 0 Å². The van der Waals surface area contributed by atoms with Gasteiger partial charge in [0.05, 0.1) is 28.1 Å². The first-order chi connectivity index (χ1) is 28.7. The van der Waals surface area contributed by atoms with Crippen molar-refractivity contribution in [2.75, 3.05) is 0 Å². The van der Waals surface area contributed by atoms with E-state index >= 15 is 0 Å². The largest absolute Gasteiger partial charge is 0.456 e. The average Bonchev–Trinajstić information content (AvgIpc) is 3.94. The molecule has 0 saturated carbocycles. The number of aliphatic imine (C=N–C) groups is 2. The summed E-state index contributed by atoms with van der Waals surface area (Å²) >= 11 is 0. The van der Waals surface area contributed by atoms with Gasteiger partial charge in [0.15, 0.2) is 11.4 Å². The maximum absolute atomic E-state index is 6.96. The molecule has 0 bridgehead atoms. The number of benzene rings is 8. The Morgan fingerprint density at radius 1 is 0.517 bits per heavy atom. The first-order valence-corrected chi connectivity index (χ1v) is 19.9. The van der Waals surface area contributed by atoms with E-state index in [-0.39, 0.29) is 5.92 Å². The zero-order valence-corrected chi connectivity index (χ0v) is 31.7. The lowest BCUT2D eigenvalue weighted by Crippen LogP contribution is -2.17. The minimum Gasteiger partial charge on any atom is -0.456 e. The van der Waals surface area contributed by atoms with Crippen LogP contribution in [0.2, 0.25) is 0 Å². The van der Waals surface area contributed by atoms with E-state index < -0.39 is 0 Å². The van der Waals surface area contributed by atoms with Gasteiger partial charge in [-0.15, -0.1) is 0 Å². The molecule has 5 nitrogen and oxygen atoms in total. The molecule has 1 unspecified atom stereocenters. The van der Waals surface area contributed by atoms with Crippen molar-refractivity contribution in [3.05, 3.63) is 193 Å². The molecule has 8 aromatic carbocycles. The van der Waals surface area contributed by atoms with Gasteiger partial charge in [0.1, 0.15) is 16.7 Å². The Balaban J connectivity index is 1.14. The van der Waals surface area contributed by atoms with Gasteiger partial charge in [0, 0.05) is 49.4 Å². The lowest BCUT2D eigenvalue weighted by Gasteiger charge is -2.19. The van der Waals surface area contributed by atoms with E-state index in [1.807, 2.05) is 18.2 Å². The molecule has 0 aliphatic carbocycles. The van der Waals surface area contributed by atoms with Crippen LogP contribution < -0.4 is 0 Å². The van der Waals surface area contributed by atoms with Crippen molar-refractivity contribution in [2.45, 2.75) is 13.3 Å². The summed E-state index contributed by atoms with van der Waals surface area (Å²) in [5.74, 6) is 0.773. The van der Waals surface area contributed by atoms with Crippen LogP contribution in [0.1, 0.15) is 30.0 Å². The predicted molar refractivity (Wildman–Crippen MR) is 241 cm³/mol. The van der Waals surface area contributed by atoms with Crippen molar-refractivity contribution >= 4 is 93.7 Å². The van der Waals surface area contributed by atoms with Crippen LogP contribution >= 0.6 is 0 Å². The van der Waals surface area contributed by atoms with Gasteiger partial charge in [-0.05, 0) is 83.4 Å². The summed E-state index contributed by atoms with van der Waals surface area (Å²) in [4.78, 5) is 11.1. The van der Waals surface area contributed by atoms with Gasteiger partial charge in [0.2, 0.25) is 0 Å². The molecule has 1 atom stereocenters. The topological polar surface area (TPSA) is 55.9 Å². The van der Waals surface area contributed by atoms with E-state index in [9.17, 15) is 0 Å². The molecule has 58 heavy (non-hydrogen) atoms. The monoisotopic (exact) mass is 745 g/mol. The standard InChI is InChI=1S/C53H35N3O2/c1-32-23-26-43(36-24-28-49-42(30-36)38-18-8-11-21-47(38)57-49)54-53(55-51(32)33-13-3-2-4-14-33)40-25-27-45(52-50(40)39-19-9-12-22-48(39)58-52)56-44-20-10-7-17-37(44)41-29-34-15-5-6-16-35(34)31-46(41)56/h2-22,24-32H,23H2,1H3/b43-26+,54-53?,55-51?. The Morgan fingerprint density at radius 2 is 1.21 bits per heavy atom. The first kappa shape index (κ1) is 32.7. The zero-order chi connectivity index (χ0) is 38.3. The Labute approximate surface area is 333 Å². The minimum absolute atomic E-state index is 0.129. The number of rotatable bonds is 4. The Hall–Kier alpha value is -7.50. The molecular weight excluding hydrogens is 711 g/mol. The zero-order valence-electron chi connectivity index (χ0n) is 31.7. The van der Waals surface area contributed by atoms with Gasteiger partial charge < -0.3 is 13.4 Å². The number of aromatic nitrogens is 1. The summed E-state index contributed by atoms with van der Waals surface area (Å²) in [6, 6.07) is 59.7. The molecule has 12 rings (SSSR count). The number of hydrogen-bond acceptors (Lipinski definition) is 4. The number of hydrogen-bond donors (Lipinski definition) is 0. The quantitative estimate of drug-likeness (QED) is 0.180. The SMILES string of the molecule is CC1C/C=C(\c2ccc3oc4ccccc4c3c2)N=C(c2ccc(-n3c4ccccc4c4cc5ccccc5cc43)c3oc4ccccc4c23)N=C1c1ccccc1. The summed E-state index contributed by atoms with van der Waals surface area (Å²) in [7, 11) is 0. The molecule has 0 fully saturated rings. The number of para-hydroxylation sites is 3. The van der Waals surface area contributed by atoms with E-state index in [0.717, 1.165) is 95.1 Å². The number of fused-ring (bicyclic) bond motifs is 10. The molecule has 1 aliphatic rings. The lowest BCUT2D eigenvalue weighted by atomic mass is 9.93. The third-order valence-electron chi connectivity index (χ3n) is 11.9. The van der Waals surface area contributed by atoms with Crippen LogP contribution in [0.5, 0.6) is 0 Å². The summed E-state index contributed by atoms with van der Waals surface area (Å²) < 4.78 is 15.5. The van der Waals surface area contributed by atoms with Crippen molar-refractivity contribution in [3.8, 4) is 5.69 Å². The lowest BCUT2D eigenvalue weighted by molar-refractivity contribution is 0.666. The highest BCUT2D eigenvalue weighted by Gasteiger charge is 2.25. The maximum atomic E-state index is 6.96. The minimum atomic E-state index is 0.129. The number of furan rings is 2. The normalized spacial score (nSPS) is 15.9. The molecule has 4 heterocycles. The van der Waals surface area contributed by atoms with Gasteiger partial charge in [-0.25, -0.2) is 9.98 Å². The molecular formula is C53H35N3O2. The molecule has 0 saturated heterocycles. The van der Waals surface area contributed by atoms with Gasteiger partial charge in [-0.1, -0.05) is 122 Å². The third-order valence-corrected chi connectivity index (χ3v) is 11.9. The number of nitrogens with zero attached hydrogens (tertiary/aromatic N) is 3. The van der Waals surface area contributed by atoms with Gasteiger partial charge in [-0.3, -0.25) is 0 Å². The molecule has 0 spiro atoms. The Kier molecular flexibility index (Phi) is 7.20. The number of amidine groups is 1. The fourth-order valence-corrected chi connectivity index (χ4v) is 9.05. The highest BCUT2D eigenvalue weighted by atomic mass is 16.3. The van der Waals surface area contributed by atoms with Crippen molar-refractivity contribution in [3.63, 3.8) is 0 Å². The van der Waals surface area contributed by atoms with Crippen LogP contribution in [0.15, 0.2) is 195 Å². The van der Waals surface area contributed by atoms with Crippen LogP contribution in [0.25, 0.3) is 87.8 Å². The second-order valence-corrected chi connectivity index (χ2v) is 15.3. The first-order valence-electron chi connectivity index (χ1n) is 19.9. The van der Waals surface area contributed by atoms with Crippen LogP contribution in [-0.4, -0.2) is 16.1 Å². The third kappa shape index (κ3) is 5.03. The average molecular weight is 746 g/mol. The predicted octanol–water partition coefficient (Wildman–Crippen LogP) is 14.1. The summed E-state index contributed by atoms with van der Waals surface area (Å²) in [6.45, 7) is 2.26. The number of allylic oxidation sites excluding steroid dienone is 1. The highest BCUT2D eigenvalue weighted by Crippen LogP contribution is 2.42. The van der Waals surface area contributed by atoms with Crippen LogP contribution in [0, 0.1) is 5.92 Å². The summed E-state index contributed by atoms with van der Waals surface area (Å²) in [5, 5.41) is 8.98. The van der Waals surface area contributed by atoms with Gasteiger partial charge in [0.25, 0.3) is 0 Å². The molecule has 274 valence electrons. The van der Waals surface area contributed by atoms with E-state index in [1.165, 1.54) is 21.5 Å². The second kappa shape index (κ2) is 12.8. The van der Waals surface area contributed by atoms with Crippen molar-refractivity contribution in [1.82, 2.24) is 4.57 Å². The van der Waals surface area contributed by atoms with Crippen molar-refractivity contribution in [1.29, 1.82) is 0 Å². The molecule has 11 aromatic rings. The second-order valence-electron chi connectivity index (χ2n) is 15.3. The molecule has 0 N–H and O–H groups in total. The summed E-state index contributed by atoms with van der Waals surface area (Å²) in [6.07, 6.45) is 3.06. The molecule has 0 amide bonds. The molecule has 3 aromatic heterocycles. The van der Waals surface area contributed by atoms with Crippen molar-refractivity contribution in [2.24, 2.45) is 15.9 Å². The van der Waals surface area contributed by atoms with Gasteiger partial charge >= 0.3 is 0 Å². The van der Waals surface area contributed by atoms with Crippen LogP contribution in [0.4, 0.5) is 0 Å². The molecule has 5 heteroatoms. The van der Waals surface area contributed by atoms with Crippen LogP contribution in [0.3, 0.4) is 0 Å². The fraction of sp³-hybridized carbons (Fsp3) is 0.0566. The maximum Gasteiger partial charge on any atom is 0.160 e. The highest BCUT2D eigenvalue weighted by molar-refractivity contribution is 6.24. The molecule has 1 aliphatic heterocycles. The summed E-state index contributed by atoms with van der Waals surface area (Å²) in [5.41, 5.74) is 11.5. The Bertz CT molecular complexity index is 3560. The smallest absolute Gasteiger partial charge is 0.160 e. The van der Waals surface area contributed by atoms with Crippen molar-refractivity contribution < 1.29 is 8.83 Å². The van der Waals surface area contributed by atoms with E-state index in [4.69, 9.17) is 18.8 Å². The van der Waals surface area contributed by atoms with E-state index in [0.29, 0.717) is 5.84 Å². The fourth-order valence-electron chi connectivity index (χ4n) is 9.05. The van der Waals surface area contributed by atoms with Crippen LogP contribution in [-0.2, 0) is 0 Å². The molecule has 0 radical (unpaired) electrons. The Morgan fingerprint density at radius 3 is 2.05 bits per heavy atom. The van der Waals surface area contributed by atoms with Gasteiger partial charge in [-0.2, -0.15) is 0 Å². The van der Waals surface area contributed by atoms with E-state index in [2.05, 4.69) is 169 Å².